The molecule has 0 bridgehead atoms. The summed E-state index contributed by atoms with van der Waals surface area (Å²) in [4.78, 5) is 11.3. The van der Waals surface area contributed by atoms with Crippen molar-refractivity contribution in [3.05, 3.63) is 157 Å². The van der Waals surface area contributed by atoms with Crippen molar-refractivity contribution in [2.45, 2.75) is 19.3 Å². The Bertz CT molecular complexity index is 2920. The summed E-state index contributed by atoms with van der Waals surface area (Å²) in [6, 6.07) is 52.4. The van der Waals surface area contributed by atoms with Gasteiger partial charge in [0, 0.05) is 38.1 Å². The molecule has 0 saturated carbocycles. The van der Waals surface area contributed by atoms with E-state index in [1.807, 2.05) is 0 Å². The van der Waals surface area contributed by atoms with Gasteiger partial charge in [-0.05, 0) is 51.4 Å². The SMILES string of the molecule is CC1(C)c2c(nc(-n3c4ccccc4c4ccccc43)nc2-n2c3ccccc3c3ccccc32)-c2c1c1ccccc1c1ccccc21. The summed E-state index contributed by atoms with van der Waals surface area (Å²) < 4.78 is 4.65. The molecule has 4 heteroatoms. The Labute approximate surface area is 282 Å². The Morgan fingerprint density at radius 3 is 1.29 bits per heavy atom. The molecule has 0 N–H and O–H groups in total. The van der Waals surface area contributed by atoms with Gasteiger partial charge in [0.05, 0.1) is 27.8 Å². The molecule has 0 amide bonds. The van der Waals surface area contributed by atoms with Crippen LogP contribution in [0.1, 0.15) is 25.0 Å². The van der Waals surface area contributed by atoms with Crippen molar-refractivity contribution in [1.29, 1.82) is 0 Å². The third kappa shape index (κ3) is 3.38. The molecule has 4 nitrogen and oxygen atoms in total. The Balaban J connectivity index is 1.38. The highest BCUT2D eigenvalue weighted by Gasteiger charge is 2.43. The van der Waals surface area contributed by atoms with Gasteiger partial charge < -0.3 is 0 Å². The molecule has 0 saturated heterocycles. The van der Waals surface area contributed by atoms with Crippen LogP contribution >= 0.6 is 0 Å². The second kappa shape index (κ2) is 9.42. The number of rotatable bonds is 2. The number of hydrogen-bond acceptors (Lipinski definition) is 2. The van der Waals surface area contributed by atoms with Crippen molar-refractivity contribution in [2.24, 2.45) is 0 Å². The van der Waals surface area contributed by atoms with Crippen LogP contribution in [0.3, 0.4) is 0 Å². The van der Waals surface area contributed by atoms with Crippen LogP contribution in [0.25, 0.3) is 88.2 Å². The van der Waals surface area contributed by atoms with E-state index >= 15 is 0 Å². The number of nitrogens with zero attached hydrogens (tertiary/aromatic N) is 4. The van der Waals surface area contributed by atoms with Crippen molar-refractivity contribution in [1.82, 2.24) is 19.1 Å². The molecule has 0 aliphatic heterocycles. The van der Waals surface area contributed by atoms with Gasteiger partial charge in [-0.3, -0.25) is 9.13 Å². The molecule has 3 heterocycles. The van der Waals surface area contributed by atoms with E-state index in [4.69, 9.17) is 9.97 Å². The van der Waals surface area contributed by atoms with Crippen LogP contribution in [-0.2, 0) is 5.41 Å². The summed E-state index contributed by atoms with van der Waals surface area (Å²) in [6.45, 7) is 4.72. The highest BCUT2D eigenvalue weighted by molar-refractivity contribution is 6.18. The fourth-order valence-corrected chi connectivity index (χ4v) is 8.91. The van der Waals surface area contributed by atoms with Crippen molar-refractivity contribution < 1.29 is 0 Å². The molecule has 0 fully saturated rings. The molecular formula is C45H30N4. The summed E-state index contributed by atoms with van der Waals surface area (Å²) in [7, 11) is 0. The lowest BCUT2D eigenvalue weighted by atomic mass is 9.79. The van der Waals surface area contributed by atoms with Gasteiger partial charge in [0.2, 0.25) is 5.95 Å². The molecule has 1 aliphatic carbocycles. The maximum absolute atomic E-state index is 5.68. The molecule has 0 atom stereocenters. The largest absolute Gasteiger partial charge is 0.293 e. The third-order valence-electron chi connectivity index (χ3n) is 10.9. The van der Waals surface area contributed by atoms with Crippen LogP contribution in [0.2, 0.25) is 0 Å². The summed E-state index contributed by atoms with van der Waals surface area (Å²) in [5.74, 6) is 1.60. The molecule has 10 aromatic rings. The van der Waals surface area contributed by atoms with E-state index in [1.165, 1.54) is 54.2 Å². The van der Waals surface area contributed by atoms with Gasteiger partial charge in [-0.15, -0.1) is 0 Å². The van der Waals surface area contributed by atoms with Crippen molar-refractivity contribution >= 4 is 65.2 Å². The van der Waals surface area contributed by atoms with Crippen molar-refractivity contribution in [2.75, 3.05) is 0 Å². The Morgan fingerprint density at radius 1 is 0.388 bits per heavy atom. The first-order chi connectivity index (χ1) is 24.1. The van der Waals surface area contributed by atoms with Gasteiger partial charge in [0.25, 0.3) is 0 Å². The van der Waals surface area contributed by atoms with Gasteiger partial charge >= 0.3 is 0 Å². The maximum atomic E-state index is 5.68. The van der Waals surface area contributed by atoms with Gasteiger partial charge in [-0.1, -0.05) is 135 Å². The standard InChI is InChI=1S/C45H30N4/c1-45(2)40-34-22-6-4-16-28(34)27-15-3-5-21-33(27)39(40)42-41(45)43(48-35-23-11-7-17-29(35)30-18-8-12-24-36(30)48)47-44(46-42)49-37-25-13-9-19-31(37)32-20-10-14-26-38(32)49/h3-26H,1-2H3. The van der Waals surface area contributed by atoms with E-state index in [-0.39, 0.29) is 0 Å². The minimum Gasteiger partial charge on any atom is -0.293 e. The molecule has 230 valence electrons. The summed E-state index contributed by atoms with van der Waals surface area (Å²) in [5, 5.41) is 9.83. The van der Waals surface area contributed by atoms with Gasteiger partial charge in [-0.25, -0.2) is 4.98 Å². The zero-order chi connectivity index (χ0) is 32.4. The van der Waals surface area contributed by atoms with Crippen LogP contribution in [0.4, 0.5) is 0 Å². The normalized spacial score (nSPS) is 13.7. The van der Waals surface area contributed by atoms with Crippen LogP contribution in [-0.4, -0.2) is 19.1 Å². The predicted molar refractivity (Wildman–Crippen MR) is 203 cm³/mol. The number of hydrogen-bond donors (Lipinski definition) is 0. The lowest BCUT2D eigenvalue weighted by Gasteiger charge is -2.26. The zero-order valence-electron chi connectivity index (χ0n) is 27.1. The Morgan fingerprint density at radius 2 is 0.776 bits per heavy atom. The fourth-order valence-electron chi connectivity index (χ4n) is 8.91. The zero-order valence-corrected chi connectivity index (χ0v) is 27.1. The molecule has 1 aliphatic rings. The summed E-state index contributed by atoms with van der Waals surface area (Å²) in [6.07, 6.45) is 0. The molecule has 0 spiro atoms. The smallest absolute Gasteiger partial charge is 0.237 e. The molecule has 3 aromatic heterocycles. The molecule has 0 radical (unpaired) electrons. The van der Waals surface area contributed by atoms with Gasteiger partial charge in [0.1, 0.15) is 5.82 Å². The topological polar surface area (TPSA) is 35.6 Å². The first kappa shape index (κ1) is 26.8. The molecule has 0 unspecified atom stereocenters. The highest BCUT2D eigenvalue weighted by atomic mass is 15.2. The second-order valence-electron chi connectivity index (χ2n) is 13.8. The molecular weight excluding hydrogens is 597 g/mol. The van der Waals surface area contributed by atoms with Crippen molar-refractivity contribution in [3.63, 3.8) is 0 Å². The minimum atomic E-state index is -0.393. The van der Waals surface area contributed by atoms with Crippen LogP contribution in [0.15, 0.2) is 146 Å². The van der Waals surface area contributed by atoms with Crippen LogP contribution in [0.5, 0.6) is 0 Å². The van der Waals surface area contributed by atoms with Gasteiger partial charge in [-0.2, -0.15) is 4.98 Å². The maximum Gasteiger partial charge on any atom is 0.237 e. The highest BCUT2D eigenvalue weighted by Crippen LogP contribution is 2.56. The van der Waals surface area contributed by atoms with Crippen LogP contribution in [0, 0.1) is 0 Å². The molecule has 49 heavy (non-hydrogen) atoms. The number of benzene rings is 7. The first-order valence-electron chi connectivity index (χ1n) is 17.0. The number of aromatic nitrogens is 4. The number of para-hydroxylation sites is 4. The molecule has 11 rings (SSSR count). The first-order valence-corrected chi connectivity index (χ1v) is 17.0. The Hall–Kier alpha value is -6.26. The third-order valence-corrected chi connectivity index (χ3v) is 10.9. The quantitative estimate of drug-likeness (QED) is 0.179. The lowest BCUT2D eigenvalue weighted by molar-refractivity contribution is 0.655. The second-order valence-corrected chi connectivity index (χ2v) is 13.8. The number of fused-ring (bicyclic) bond motifs is 14. The van der Waals surface area contributed by atoms with E-state index in [9.17, 15) is 0 Å². The summed E-state index contributed by atoms with van der Waals surface area (Å²) in [5.41, 5.74) is 8.75. The van der Waals surface area contributed by atoms with Gasteiger partial charge in [0.15, 0.2) is 0 Å². The average molecular weight is 627 g/mol. The van der Waals surface area contributed by atoms with Crippen molar-refractivity contribution in [3.8, 4) is 23.0 Å². The Kier molecular flexibility index (Phi) is 5.15. The average Bonchev–Trinajstić information content (AvgIpc) is 3.75. The van der Waals surface area contributed by atoms with E-state index in [1.54, 1.807) is 0 Å². The monoisotopic (exact) mass is 626 g/mol. The molecule has 7 aromatic carbocycles. The van der Waals surface area contributed by atoms with E-state index < -0.39 is 5.41 Å². The minimum absolute atomic E-state index is 0.393. The fraction of sp³-hybridized carbons (Fsp3) is 0.0667. The van der Waals surface area contributed by atoms with Crippen LogP contribution < -0.4 is 0 Å². The van der Waals surface area contributed by atoms with E-state index in [0.717, 1.165) is 39.1 Å². The predicted octanol–water partition coefficient (Wildman–Crippen LogP) is 11.3. The van der Waals surface area contributed by atoms with E-state index in [0.29, 0.717) is 5.95 Å². The lowest BCUT2D eigenvalue weighted by Crippen LogP contribution is -2.20. The van der Waals surface area contributed by atoms with E-state index in [2.05, 4.69) is 169 Å². The summed E-state index contributed by atoms with van der Waals surface area (Å²) >= 11 is 0.